The molecular weight excluding hydrogens is 356 g/mol. The Hall–Kier alpha value is -4.15. The summed E-state index contributed by atoms with van der Waals surface area (Å²) in [6.07, 6.45) is 0.970. The lowest BCUT2D eigenvalue weighted by Crippen LogP contribution is -1.91. The molecule has 0 radical (unpaired) electrons. The van der Waals surface area contributed by atoms with Gasteiger partial charge in [0.25, 0.3) is 0 Å². The number of nitriles is 2. The molecule has 1 N–H and O–H groups in total. The first-order valence-corrected chi connectivity index (χ1v) is 9.51. The summed E-state index contributed by atoms with van der Waals surface area (Å²) < 4.78 is 0. The number of imidazole rings is 1. The molecule has 0 spiro atoms. The minimum Gasteiger partial charge on any atom is -0.337 e. The molecule has 1 aromatic heterocycles. The highest BCUT2D eigenvalue weighted by Gasteiger charge is 2.18. The smallest absolute Gasteiger partial charge is 0.141 e. The molecule has 4 nitrogen and oxygen atoms in total. The predicted octanol–water partition coefficient (Wildman–Crippen LogP) is 5.84. The van der Waals surface area contributed by atoms with Crippen LogP contribution < -0.4 is 0 Å². The van der Waals surface area contributed by atoms with E-state index in [4.69, 9.17) is 4.98 Å². The van der Waals surface area contributed by atoms with Crippen LogP contribution in [0.5, 0.6) is 0 Å². The Morgan fingerprint density at radius 1 is 0.828 bits per heavy atom. The molecule has 1 heterocycles. The minimum atomic E-state index is 0.435. The molecule has 0 unspecified atom stereocenters. The first-order chi connectivity index (χ1) is 14.2. The molecule has 0 bridgehead atoms. The number of aromatic amines is 1. The summed E-state index contributed by atoms with van der Waals surface area (Å²) in [4.78, 5) is 8.28. The number of aromatic nitrogens is 2. The fraction of sp³-hybridized carbons (Fsp3) is 0.0800. The Morgan fingerprint density at radius 3 is 2.24 bits per heavy atom. The molecule has 0 atom stereocenters. The lowest BCUT2D eigenvalue weighted by molar-refractivity contribution is 1.15. The van der Waals surface area contributed by atoms with Crippen molar-refractivity contribution in [1.29, 1.82) is 10.5 Å². The van der Waals surface area contributed by atoms with Gasteiger partial charge in [-0.05, 0) is 34.9 Å². The maximum atomic E-state index is 9.57. The highest BCUT2D eigenvalue weighted by Crippen LogP contribution is 2.36. The lowest BCUT2D eigenvalue weighted by atomic mass is 9.97. The van der Waals surface area contributed by atoms with E-state index in [9.17, 15) is 10.5 Å². The molecule has 0 saturated heterocycles. The second kappa shape index (κ2) is 6.48. The monoisotopic (exact) mass is 372 g/mol. The van der Waals surface area contributed by atoms with E-state index in [1.54, 1.807) is 18.2 Å². The van der Waals surface area contributed by atoms with E-state index in [2.05, 4.69) is 54.4 Å². The van der Waals surface area contributed by atoms with Crippen molar-refractivity contribution in [2.45, 2.75) is 13.3 Å². The van der Waals surface area contributed by atoms with Crippen LogP contribution in [0, 0.1) is 22.7 Å². The molecule has 5 rings (SSSR count). The topological polar surface area (TPSA) is 76.3 Å². The zero-order valence-corrected chi connectivity index (χ0v) is 15.8. The molecule has 0 saturated carbocycles. The third kappa shape index (κ3) is 2.47. The molecule has 4 heteroatoms. The van der Waals surface area contributed by atoms with Crippen molar-refractivity contribution in [2.75, 3.05) is 0 Å². The van der Waals surface area contributed by atoms with E-state index in [0.717, 1.165) is 33.6 Å². The van der Waals surface area contributed by atoms with Gasteiger partial charge in [-0.1, -0.05) is 55.5 Å². The van der Waals surface area contributed by atoms with Crippen LogP contribution in [0.1, 0.15) is 23.6 Å². The van der Waals surface area contributed by atoms with Crippen LogP contribution in [0.2, 0.25) is 0 Å². The standard InChI is InChI=1S/C25H16N4/c1-2-15-10-11-20-21(12-15)18-8-3-4-9-19(18)23-24(20)29-25(28-23)22-16(13-26)6-5-7-17(22)14-27/h3-12H,2H2,1H3,(H,28,29). The Kier molecular flexibility index (Phi) is 3.79. The normalized spacial score (nSPS) is 11.0. The predicted molar refractivity (Wildman–Crippen MR) is 115 cm³/mol. The van der Waals surface area contributed by atoms with Gasteiger partial charge in [0.05, 0.1) is 39.9 Å². The molecule has 0 aliphatic heterocycles. The number of rotatable bonds is 2. The van der Waals surface area contributed by atoms with Crippen molar-refractivity contribution in [3.8, 4) is 23.5 Å². The van der Waals surface area contributed by atoms with E-state index >= 15 is 0 Å². The fourth-order valence-electron chi connectivity index (χ4n) is 4.05. The number of hydrogen-bond donors (Lipinski definition) is 1. The molecule has 5 aromatic rings. The highest BCUT2D eigenvalue weighted by atomic mass is 14.9. The van der Waals surface area contributed by atoms with Gasteiger partial charge < -0.3 is 4.98 Å². The molecule has 136 valence electrons. The van der Waals surface area contributed by atoms with E-state index in [1.807, 2.05) is 12.1 Å². The summed E-state index contributed by atoms with van der Waals surface area (Å²) in [7, 11) is 0. The second-order valence-electron chi connectivity index (χ2n) is 7.04. The largest absolute Gasteiger partial charge is 0.337 e. The number of hydrogen-bond acceptors (Lipinski definition) is 3. The molecule has 0 amide bonds. The van der Waals surface area contributed by atoms with Crippen molar-refractivity contribution < 1.29 is 0 Å². The van der Waals surface area contributed by atoms with Gasteiger partial charge in [0.2, 0.25) is 0 Å². The van der Waals surface area contributed by atoms with Crippen LogP contribution in [0.4, 0.5) is 0 Å². The van der Waals surface area contributed by atoms with E-state index < -0.39 is 0 Å². The number of nitrogens with zero attached hydrogens (tertiary/aromatic N) is 3. The van der Waals surface area contributed by atoms with Crippen molar-refractivity contribution in [3.63, 3.8) is 0 Å². The molecule has 0 fully saturated rings. The SMILES string of the molecule is CCc1ccc2c(c1)c1ccccc1c1nc(-c3c(C#N)cccc3C#N)[nH]c21. The lowest BCUT2D eigenvalue weighted by Gasteiger charge is -2.07. The van der Waals surface area contributed by atoms with Gasteiger partial charge in [-0.2, -0.15) is 10.5 Å². The van der Waals surface area contributed by atoms with Gasteiger partial charge in [-0.25, -0.2) is 4.98 Å². The molecule has 0 aliphatic rings. The third-order valence-corrected chi connectivity index (χ3v) is 5.48. The minimum absolute atomic E-state index is 0.435. The summed E-state index contributed by atoms with van der Waals surface area (Å²) in [5.74, 6) is 0.547. The Balaban J connectivity index is 1.95. The molecule has 4 aromatic carbocycles. The van der Waals surface area contributed by atoms with Gasteiger partial charge in [0.15, 0.2) is 0 Å². The zero-order valence-electron chi connectivity index (χ0n) is 15.8. The van der Waals surface area contributed by atoms with Crippen LogP contribution in [-0.2, 0) is 6.42 Å². The van der Waals surface area contributed by atoms with Gasteiger partial charge in [0.1, 0.15) is 5.82 Å². The summed E-state index contributed by atoms with van der Waals surface area (Å²) >= 11 is 0. The maximum absolute atomic E-state index is 9.57. The second-order valence-corrected chi connectivity index (χ2v) is 7.04. The number of benzene rings is 4. The summed E-state index contributed by atoms with van der Waals surface area (Å²) in [5, 5.41) is 23.6. The van der Waals surface area contributed by atoms with Crippen LogP contribution in [0.15, 0.2) is 60.7 Å². The summed E-state index contributed by atoms with van der Waals surface area (Å²) in [6.45, 7) is 2.15. The third-order valence-electron chi connectivity index (χ3n) is 5.48. The quantitative estimate of drug-likeness (QED) is 0.395. The van der Waals surface area contributed by atoms with Gasteiger partial charge in [-0.15, -0.1) is 0 Å². The van der Waals surface area contributed by atoms with Crippen LogP contribution in [-0.4, -0.2) is 9.97 Å². The van der Waals surface area contributed by atoms with Crippen LogP contribution in [0.25, 0.3) is 44.0 Å². The molecular formula is C25H16N4. The average molecular weight is 372 g/mol. The van der Waals surface area contributed by atoms with Crippen molar-refractivity contribution in [1.82, 2.24) is 9.97 Å². The number of nitrogens with one attached hydrogen (secondary N) is 1. The van der Waals surface area contributed by atoms with E-state index in [-0.39, 0.29) is 0 Å². The number of fused-ring (bicyclic) bond motifs is 6. The fourth-order valence-corrected chi connectivity index (χ4v) is 4.05. The van der Waals surface area contributed by atoms with E-state index in [0.29, 0.717) is 22.5 Å². The zero-order chi connectivity index (χ0) is 20.0. The van der Waals surface area contributed by atoms with Crippen molar-refractivity contribution >= 4 is 32.6 Å². The maximum Gasteiger partial charge on any atom is 0.141 e. The highest BCUT2D eigenvalue weighted by molar-refractivity contribution is 6.23. The van der Waals surface area contributed by atoms with Gasteiger partial charge >= 0.3 is 0 Å². The van der Waals surface area contributed by atoms with Crippen LogP contribution in [0.3, 0.4) is 0 Å². The Bertz CT molecular complexity index is 1480. The summed E-state index contributed by atoms with van der Waals surface area (Å²) in [6, 6.07) is 24.3. The van der Waals surface area contributed by atoms with Crippen LogP contribution >= 0.6 is 0 Å². The molecule has 29 heavy (non-hydrogen) atoms. The van der Waals surface area contributed by atoms with Crippen molar-refractivity contribution in [3.05, 3.63) is 77.4 Å². The first kappa shape index (κ1) is 17.0. The first-order valence-electron chi connectivity index (χ1n) is 9.51. The van der Waals surface area contributed by atoms with E-state index in [1.165, 1.54) is 10.9 Å². The number of H-pyrrole nitrogens is 1. The number of aryl methyl sites for hydroxylation is 1. The van der Waals surface area contributed by atoms with Crippen molar-refractivity contribution in [2.24, 2.45) is 0 Å². The summed E-state index contributed by atoms with van der Waals surface area (Å²) in [5.41, 5.74) is 4.48. The van der Waals surface area contributed by atoms with Gasteiger partial charge in [0, 0.05) is 10.8 Å². The Morgan fingerprint density at radius 2 is 1.55 bits per heavy atom. The Labute approximate surface area is 167 Å². The van der Waals surface area contributed by atoms with Gasteiger partial charge in [-0.3, -0.25) is 0 Å². The molecule has 0 aliphatic carbocycles. The average Bonchev–Trinajstić information content (AvgIpc) is 3.23.